The van der Waals surface area contributed by atoms with Gasteiger partial charge in [0.2, 0.25) is 0 Å². The van der Waals surface area contributed by atoms with Crippen molar-refractivity contribution in [2.75, 3.05) is 14.2 Å². The van der Waals surface area contributed by atoms with Gasteiger partial charge >= 0.3 is 0 Å². The Morgan fingerprint density at radius 1 is 1.04 bits per heavy atom. The molecule has 3 aromatic rings. The molecule has 0 aliphatic rings. The summed E-state index contributed by atoms with van der Waals surface area (Å²) in [5.74, 6) is 1.53. The lowest BCUT2D eigenvalue weighted by molar-refractivity contribution is 0.396. The van der Waals surface area contributed by atoms with Gasteiger partial charge in [-0.25, -0.2) is 0 Å². The standard InChI is InChI=1S/C18H18N3O2/c1-12-4-6-14(7-5-12)18-16(22-2)9-13(10-17(18)23-3)8-15-11-19-21-20-15/h4-7,9-11H,1,8H2,2-3H3,(H,19,20,21). The van der Waals surface area contributed by atoms with Gasteiger partial charge in [-0.3, -0.25) is 5.10 Å². The summed E-state index contributed by atoms with van der Waals surface area (Å²) in [6.45, 7) is 3.92. The van der Waals surface area contributed by atoms with Crippen LogP contribution in [-0.2, 0) is 6.42 Å². The fourth-order valence-corrected chi connectivity index (χ4v) is 2.55. The highest BCUT2D eigenvalue weighted by Crippen LogP contribution is 2.40. The quantitative estimate of drug-likeness (QED) is 0.786. The first kappa shape index (κ1) is 15.1. The number of methoxy groups -OCH3 is 2. The first-order chi connectivity index (χ1) is 11.2. The molecular weight excluding hydrogens is 290 g/mol. The second-order valence-corrected chi connectivity index (χ2v) is 5.21. The van der Waals surface area contributed by atoms with Gasteiger partial charge in [-0.05, 0) is 35.7 Å². The lowest BCUT2D eigenvalue weighted by Crippen LogP contribution is -1.97. The van der Waals surface area contributed by atoms with Gasteiger partial charge < -0.3 is 9.47 Å². The van der Waals surface area contributed by atoms with Crippen molar-refractivity contribution < 1.29 is 9.47 Å². The number of aromatic nitrogens is 3. The minimum atomic E-state index is 0.654. The number of hydrogen-bond donors (Lipinski definition) is 1. The molecule has 0 saturated heterocycles. The third kappa shape index (κ3) is 3.18. The highest BCUT2D eigenvalue weighted by molar-refractivity contribution is 5.77. The van der Waals surface area contributed by atoms with Crippen LogP contribution in [0.5, 0.6) is 11.5 Å². The Bertz CT molecular complexity index is 756. The zero-order valence-electron chi connectivity index (χ0n) is 13.2. The Labute approximate surface area is 135 Å². The van der Waals surface area contributed by atoms with E-state index in [2.05, 4.69) is 22.3 Å². The summed E-state index contributed by atoms with van der Waals surface area (Å²) in [7, 11) is 3.32. The number of nitrogens with zero attached hydrogens (tertiary/aromatic N) is 2. The maximum atomic E-state index is 5.59. The molecule has 1 aromatic heterocycles. The molecule has 0 unspecified atom stereocenters. The lowest BCUT2D eigenvalue weighted by Gasteiger charge is -2.15. The Morgan fingerprint density at radius 2 is 1.70 bits per heavy atom. The van der Waals surface area contributed by atoms with Gasteiger partial charge in [0.05, 0.1) is 25.5 Å². The summed E-state index contributed by atoms with van der Waals surface area (Å²) in [6, 6.07) is 12.0. The molecule has 0 saturated carbocycles. The summed E-state index contributed by atoms with van der Waals surface area (Å²) in [5.41, 5.74) is 4.83. The normalized spacial score (nSPS) is 10.6. The van der Waals surface area contributed by atoms with Gasteiger partial charge in [0.25, 0.3) is 0 Å². The SMILES string of the molecule is [CH2]c1ccc(-c2c(OC)cc(Cc3c[nH]nn3)cc2OC)cc1. The smallest absolute Gasteiger partial charge is 0.130 e. The molecule has 2 aromatic carbocycles. The largest absolute Gasteiger partial charge is 0.496 e. The number of aromatic amines is 1. The highest BCUT2D eigenvalue weighted by atomic mass is 16.5. The topological polar surface area (TPSA) is 60.0 Å². The number of benzene rings is 2. The summed E-state index contributed by atoms with van der Waals surface area (Å²) >= 11 is 0. The van der Waals surface area contributed by atoms with Crippen LogP contribution in [0.2, 0.25) is 0 Å². The van der Waals surface area contributed by atoms with Crippen molar-refractivity contribution in [1.82, 2.24) is 15.4 Å². The summed E-state index contributed by atoms with van der Waals surface area (Å²) < 4.78 is 11.2. The third-order valence-corrected chi connectivity index (χ3v) is 3.66. The minimum Gasteiger partial charge on any atom is -0.496 e. The minimum absolute atomic E-state index is 0.654. The Hall–Kier alpha value is -2.82. The molecule has 0 bridgehead atoms. The van der Waals surface area contributed by atoms with Crippen molar-refractivity contribution in [3.05, 3.63) is 66.3 Å². The molecule has 0 aliphatic carbocycles. The summed E-state index contributed by atoms with van der Waals surface area (Å²) in [5, 5.41) is 10.5. The average molecular weight is 308 g/mol. The predicted molar refractivity (Wildman–Crippen MR) is 88.6 cm³/mol. The molecule has 0 aliphatic heterocycles. The fraction of sp³-hybridized carbons (Fsp3) is 0.167. The van der Waals surface area contributed by atoms with Gasteiger partial charge in [-0.1, -0.05) is 29.5 Å². The van der Waals surface area contributed by atoms with E-state index in [0.29, 0.717) is 6.42 Å². The molecule has 1 N–H and O–H groups in total. The molecule has 5 nitrogen and oxygen atoms in total. The molecule has 0 fully saturated rings. The zero-order valence-corrected chi connectivity index (χ0v) is 13.2. The van der Waals surface area contributed by atoms with Crippen LogP contribution in [0.3, 0.4) is 0 Å². The van der Waals surface area contributed by atoms with Gasteiger partial charge in [0, 0.05) is 12.6 Å². The number of H-pyrrole nitrogens is 1. The molecular formula is C18H18N3O2. The Morgan fingerprint density at radius 3 is 2.22 bits per heavy atom. The molecule has 117 valence electrons. The third-order valence-electron chi connectivity index (χ3n) is 3.66. The van der Waals surface area contributed by atoms with Crippen LogP contribution in [0.15, 0.2) is 42.6 Å². The number of nitrogens with one attached hydrogen (secondary N) is 1. The second-order valence-electron chi connectivity index (χ2n) is 5.21. The van der Waals surface area contributed by atoms with Crippen LogP contribution in [-0.4, -0.2) is 29.6 Å². The van der Waals surface area contributed by atoms with Gasteiger partial charge in [0.1, 0.15) is 11.5 Å². The monoisotopic (exact) mass is 308 g/mol. The Balaban J connectivity index is 2.06. The van der Waals surface area contributed by atoms with Gasteiger partial charge in [0.15, 0.2) is 0 Å². The van der Waals surface area contributed by atoms with Crippen molar-refractivity contribution in [3.8, 4) is 22.6 Å². The Kier molecular flexibility index (Phi) is 4.28. The van der Waals surface area contributed by atoms with Crippen LogP contribution >= 0.6 is 0 Å². The lowest BCUT2D eigenvalue weighted by atomic mass is 9.98. The predicted octanol–water partition coefficient (Wildman–Crippen LogP) is 3.26. The van der Waals surface area contributed by atoms with E-state index in [4.69, 9.17) is 9.47 Å². The van der Waals surface area contributed by atoms with E-state index in [9.17, 15) is 0 Å². The number of hydrogen-bond acceptors (Lipinski definition) is 4. The zero-order chi connectivity index (χ0) is 16.2. The fourth-order valence-electron chi connectivity index (χ4n) is 2.55. The average Bonchev–Trinajstić information content (AvgIpc) is 3.08. The molecule has 0 atom stereocenters. The molecule has 5 heteroatoms. The van der Waals surface area contributed by atoms with Gasteiger partial charge in [-0.2, -0.15) is 0 Å². The van der Waals surface area contributed by atoms with E-state index >= 15 is 0 Å². The summed E-state index contributed by atoms with van der Waals surface area (Å²) in [6.07, 6.45) is 2.43. The van der Waals surface area contributed by atoms with Crippen LogP contribution in [0, 0.1) is 6.92 Å². The van der Waals surface area contributed by atoms with Crippen molar-refractivity contribution in [3.63, 3.8) is 0 Å². The highest BCUT2D eigenvalue weighted by Gasteiger charge is 2.15. The second kappa shape index (κ2) is 6.52. The van der Waals surface area contributed by atoms with Crippen LogP contribution < -0.4 is 9.47 Å². The molecule has 1 radical (unpaired) electrons. The van der Waals surface area contributed by atoms with E-state index in [1.54, 1.807) is 20.4 Å². The van der Waals surface area contributed by atoms with E-state index in [-0.39, 0.29) is 0 Å². The molecule has 0 amide bonds. The van der Waals surface area contributed by atoms with Crippen molar-refractivity contribution in [2.24, 2.45) is 0 Å². The van der Waals surface area contributed by atoms with Crippen LogP contribution in [0.1, 0.15) is 16.8 Å². The first-order valence-corrected chi connectivity index (χ1v) is 7.24. The molecule has 23 heavy (non-hydrogen) atoms. The molecule has 3 rings (SSSR count). The molecule has 1 heterocycles. The van der Waals surface area contributed by atoms with Crippen LogP contribution in [0.4, 0.5) is 0 Å². The van der Waals surface area contributed by atoms with E-state index in [1.807, 2.05) is 36.4 Å². The van der Waals surface area contributed by atoms with Crippen molar-refractivity contribution in [1.29, 1.82) is 0 Å². The maximum Gasteiger partial charge on any atom is 0.130 e. The number of rotatable bonds is 5. The van der Waals surface area contributed by atoms with Gasteiger partial charge in [-0.15, -0.1) is 5.10 Å². The van der Waals surface area contributed by atoms with E-state index in [1.165, 1.54) is 0 Å². The van der Waals surface area contributed by atoms with Crippen molar-refractivity contribution >= 4 is 0 Å². The molecule has 0 spiro atoms. The maximum absolute atomic E-state index is 5.59. The van der Waals surface area contributed by atoms with E-state index in [0.717, 1.165) is 39.4 Å². The van der Waals surface area contributed by atoms with E-state index < -0.39 is 0 Å². The first-order valence-electron chi connectivity index (χ1n) is 7.24. The van der Waals surface area contributed by atoms with Crippen LogP contribution in [0.25, 0.3) is 11.1 Å². The van der Waals surface area contributed by atoms with Crippen molar-refractivity contribution in [2.45, 2.75) is 6.42 Å². The number of ether oxygens (including phenoxy) is 2. The summed E-state index contributed by atoms with van der Waals surface area (Å²) in [4.78, 5) is 0.